The summed E-state index contributed by atoms with van der Waals surface area (Å²) >= 11 is 0. The summed E-state index contributed by atoms with van der Waals surface area (Å²) in [6.45, 7) is 5.16. The average molecular weight is 217 g/mol. The van der Waals surface area contributed by atoms with Crippen LogP contribution in [0.25, 0.3) is 0 Å². The Morgan fingerprint density at radius 2 is 1.93 bits per heavy atom. The second-order valence-corrected chi connectivity index (χ2v) is 3.83. The van der Waals surface area contributed by atoms with E-state index in [4.69, 9.17) is 5.73 Å². The molecule has 0 aromatic rings. The van der Waals surface area contributed by atoms with E-state index in [1.165, 1.54) is 12.2 Å². The van der Waals surface area contributed by atoms with Crippen molar-refractivity contribution in [3.05, 3.63) is 36.1 Å². The summed E-state index contributed by atoms with van der Waals surface area (Å²) in [5.41, 5.74) is 4.32. The van der Waals surface area contributed by atoms with Gasteiger partial charge in [0.1, 0.15) is 5.41 Å². The molecule has 1 aliphatic carbocycles. The molecular formula is C11H14F3N. The molecule has 2 N–H and O–H groups in total. The molecule has 1 nitrogen and oxygen atoms in total. The first kappa shape index (κ1) is 11.9. The van der Waals surface area contributed by atoms with Gasteiger partial charge in [-0.05, 0) is 31.4 Å². The van der Waals surface area contributed by atoms with Gasteiger partial charge < -0.3 is 5.73 Å². The van der Waals surface area contributed by atoms with Gasteiger partial charge in [-0.1, -0.05) is 18.7 Å². The highest BCUT2D eigenvalue weighted by molar-refractivity contribution is 5.31. The summed E-state index contributed by atoms with van der Waals surface area (Å²) in [6.07, 6.45) is 0.482. The van der Waals surface area contributed by atoms with E-state index in [0.717, 1.165) is 0 Å². The Morgan fingerprint density at radius 3 is 2.27 bits per heavy atom. The van der Waals surface area contributed by atoms with Crippen LogP contribution in [0.15, 0.2) is 36.1 Å². The molecule has 0 saturated heterocycles. The van der Waals surface area contributed by atoms with Crippen LogP contribution in [0, 0.1) is 5.41 Å². The Labute approximate surface area is 87.2 Å². The molecule has 0 aromatic heterocycles. The van der Waals surface area contributed by atoms with Crippen LogP contribution in [0.2, 0.25) is 0 Å². The Hall–Kier alpha value is -1.19. The minimum atomic E-state index is -4.23. The number of alkyl halides is 3. The summed E-state index contributed by atoms with van der Waals surface area (Å²) < 4.78 is 37.9. The molecule has 0 radical (unpaired) electrons. The van der Waals surface area contributed by atoms with Crippen molar-refractivity contribution in [2.24, 2.45) is 11.1 Å². The second kappa shape index (κ2) is 3.76. The first-order chi connectivity index (χ1) is 6.83. The fourth-order valence-corrected chi connectivity index (χ4v) is 1.48. The van der Waals surface area contributed by atoms with Gasteiger partial charge in [0.2, 0.25) is 0 Å². The summed E-state index contributed by atoms with van der Waals surface area (Å²) in [5, 5.41) is 0. The lowest BCUT2D eigenvalue weighted by molar-refractivity contribution is -0.175. The maximum atomic E-state index is 12.6. The van der Waals surface area contributed by atoms with Crippen LogP contribution in [-0.2, 0) is 0 Å². The number of halogens is 3. The molecule has 0 amide bonds. The number of allylic oxidation sites excluding steroid dienone is 5. The van der Waals surface area contributed by atoms with Crippen LogP contribution < -0.4 is 5.73 Å². The Morgan fingerprint density at radius 1 is 1.40 bits per heavy atom. The first-order valence-corrected chi connectivity index (χ1v) is 4.67. The van der Waals surface area contributed by atoms with Crippen LogP contribution in [0.4, 0.5) is 13.2 Å². The molecule has 0 aliphatic heterocycles. The fraction of sp³-hybridized carbons (Fsp3) is 0.455. The van der Waals surface area contributed by atoms with Crippen molar-refractivity contribution in [1.82, 2.24) is 0 Å². The molecule has 0 aromatic carbocycles. The van der Waals surface area contributed by atoms with Crippen LogP contribution in [0.1, 0.15) is 19.8 Å². The van der Waals surface area contributed by atoms with Gasteiger partial charge in [-0.15, -0.1) is 0 Å². The predicted molar refractivity (Wildman–Crippen MR) is 53.9 cm³/mol. The maximum absolute atomic E-state index is 12.6. The number of hydrogen-bond acceptors (Lipinski definition) is 1. The Bertz CT molecular complexity index is 319. The smallest absolute Gasteiger partial charge is 0.399 e. The number of hydrogen-bond donors (Lipinski definition) is 1. The molecule has 0 spiro atoms. The molecule has 0 bridgehead atoms. The largest absolute Gasteiger partial charge is 0.401 e. The molecular weight excluding hydrogens is 203 g/mol. The van der Waals surface area contributed by atoms with Gasteiger partial charge in [0, 0.05) is 5.70 Å². The summed E-state index contributed by atoms with van der Waals surface area (Å²) in [6, 6.07) is 0. The van der Waals surface area contributed by atoms with Crippen LogP contribution in [0.3, 0.4) is 0 Å². The van der Waals surface area contributed by atoms with Crippen molar-refractivity contribution in [1.29, 1.82) is 0 Å². The van der Waals surface area contributed by atoms with Gasteiger partial charge in [0.15, 0.2) is 0 Å². The van der Waals surface area contributed by atoms with Crippen LogP contribution in [0.5, 0.6) is 0 Å². The highest BCUT2D eigenvalue weighted by Crippen LogP contribution is 2.60. The molecule has 84 valence electrons. The normalized spacial score (nSPS) is 21.3. The van der Waals surface area contributed by atoms with E-state index in [-0.39, 0.29) is 18.5 Å². The quantitative estimate of drug-likeness (QED) is 0.721. The first-order valence-electron chi connectivity index (χ1n) is 4.67. The topological polar surface area (TPSA) is 26.0 Å². The molecule has 1 fully saturated rings. The molecule has 1 saturated carbocycles. The molecule has 0 unspecified atom stereocenters. The van der Waals surface area contributed by atoms with Crippen molar-refractivity contribution in [3.63, 3.8) is 0 Å². The fourth-order valence-electron chi connectivity index (χ4n) is 1.48. The van der Waals surface area contributed by atoms with Gasteiger partial charge in [-0.25, -0.2) is 0 Å². The molecule has 0 heterocycles. The molecule has 4 heteroatoms. The number of rotatable bonds is 3. The van der Waals surface area contributed by atoms with Gasteiger partial charge in [0.25, 0.3) is 0 Å². The van der Waals surface area contributed by atoms with Crippen molar-refractivity contribution in [2.45, 2.75) is 25.9 Å². The van der Waals surface area contributed by atoms with Gasteiger partial charge in [-0.2, -0.15) is 13.2 Å². The van der Waals surface area contributed by atoms with E-state index in [1.807, 2.05) is 0 Å². The van der Waals surface area contributed by atoms with Gasteiger partial charge in [0.05, 0.1) is 0 Å². The van der Waals surface area contributed by atoms with E-state index in [1.54, 1.807) is 13.0 Å². The van der Waals surface area contributed by atoms with Crippen LogP contribution in [-0.4, -0.2) is 6.18 Å². The third kappa shape index (κ3) is 2.25. The van der Waals surface area contributed by atoms with E-state index >= 15 is 0 Å². The zero-order valence-electron chi connectivity index (χ0n) is 8.56. The van der Waals surface area contributed by atoms with Crippen molar-refractivity contribution in [2.75, 3.05) is 0 Å². The van der Waals surface area contributed by atoms with E-state index in [0.29, 0.717) is 5.57 Å². The van der Waals surface area contributed by atoms with Crippen molar-refractivity contribution >= 4 is 0 Å². The molecule has 1 rings (SSSR count). The number of nitrogens with two attached hydrogens (primary N) is 1. The zero-order valence-corrected chi connectivity index (χ0v) is 8.56. The van der Waals surface area contributed by atoms with Gasteiger partial charge >= 0.3 is 6.18 Å². The summed E-state index contributed by atoms with van der Waals surface area (Å²) in [5.74, 6) is 0. The third-order valence-electron chi connectivity index (χ3n) is 2.61. The molecule has 15 heavy (non-hydrogen) atoms. The second-order valence-electron chi connectivity index (χ2n) is 3.83. The van der Waals surface area contributed by atoms with Crippen molar-refractivity contribution < 1.29 is 13.2 Å². The van der Waals surface area contributed by atoms with E-state index in [9.17, 15) is 13.2 Å². The average Bonchev–Trinajstić information content (AvgIpc) is 2.81. The van der Waals surface area contributed by atoms with Crippen molar-refractivity contribution in [3.8, 4) is 0 Å². The lowest BCUT2D eigenvalue weighted by atomic mass is 10.0. The summed E-state index contributed by atoms with van der Waals surface area (Å²) in [4.78, 5) is 0. The SMILES string of the molecule is C=C/C=C(C)\C=C(/N)C1(C(F)(F)F)CC1. The standard InChI is InChI=1S/C11H14F3N/c1-3-4-8(2)7-9(15)10(5-6-10)11(12,13)14/h3-4,7H,1,5-6,15H2,2H3/b8-4-,9-7-. The third-order valence-corrected chi connectivity index (χ3v) is 2.61. The Balaban J connectivity index is 2.90. The molecule has 0 atom stereocenters. The molecule has 1 aliphatic rings. The lowest BCUT2D eigenvalue weighted by Gasteiger charge is -2.19. The summed E-state index contributed by atoms with van der Waals surface area (Å²) in [7, 11) is 0. The highest BCUT2D eigenvalue weighted by atomic mass is 19.4. The highest BCUT2D eigenvalue weighted by Gasteiger charge is 2.64. The lowest BCUT2D eigenvalue weighted by Crippen LogP contribution is -2.30. The van der Waals surface area contributed by atoms with Crippen LogP contribution >= 0.6 is 0 Å². The minimum absolute atomic E-state index is 0.0920. The minimum Gasteiger partial charge on any atom is -0.401 e. The monoisotopic (exact) mass is 217 g/mol. The van der Waals surface area contributed by atoms with E-state index in [2.05, 4.69) is 6.58 Å². The Kier molecular flexibility index (Phi) is 2.98. The zero-order chi connectivity index (χ0) is 11.7. The van der Waals surface area contributed by atoms with Gasteiger partial charge in [-0.3, -0.25) is 0 Å². The maximum Gasteiger partial charge on any atom is 0.399 e. The predicted octanol–water partition coefficient (Wildman–Crippen LogP) is 3.30. The van der Waals surface area contributed by atoms with E-state index < -0.39 is 11.6 Å².